The number of carbonyl (C=O) groups excluding carboxylic acids is 1. The Morgan fingerprint density at radius 1 is 1.17 bits per heavy atom. The molecule has 2 aromatic rings. The molecule has 0 unspecified atom stereocenters. The molecular formula is C20H23ClN2O6S. The molecular weight excluding hydrogens is 432 g/mol. The Kier molecular flexibility index (Phi) is 7.41. The van der Waals surface area contributed by atoms with E-state index in [1.807, 2.05) is 0 Å². The molecule has 1 amide bonds. The van der Waals surface area contributed by atoms with Gasteiger partial charge in [0, 0.05) is 24.2 Å². The zero-order chi connectivity index (χ0) is 21.6. The summed E-state index contributed by atoms with van der Waals surface area (Å²) in [6.45, 7) is 1.95. The molecule has 30 heavy (non-hydrogen) atoms. The third kappa shape index (κ3) is 6.01. The van der Waals surface area contributed by atoms with Crippen molar-refractivity contribution in [2.75, 3.05) is 44.7 Å². The first-order chi connectivity index (χ1) is 14.4. The molecule has 10 heteroatoms. The first-order valence-corrected chi connectivity index (χ1v) is 11.3. The number of sulfonamides is 1. The fourth-order valence-electron chi connectivity index (χ4n) is 2.93. The van der Waals surface area contributed by atoms with Gasteiger partial charge in [0.1, 0.15) is 0 Å². The van der Waals surface area contributed by atoms with E-state index in [1.54, 1.807) is 41.3 Å². The maximum atomic E-state index is 12.5. The number of benzene rings is 2. The Morgan fingerprint density at radius 3 is 2.60 bits per heavy atom. The van der Waals surface area contributed by atoms with Crippen molar-refractivity contribution in [1.29, 1.82) is 0 Å². The van der Waals surface area contributed by atoms with Crippen molar-refractivity contribution in [2.45, 2.75) is 5.75 Å². The molecule has 1 N–H and O–H groups in total. The number of anilines is 1. The lowest BCUT2D eigenvalue weighted by Gasteiger charge is -2.26. The van der Waals surface area contributed by atoms with E-state index in [0.29, 0.717) is 54.1 Å². The van der Waals surface area contributed by atoms with Gasteiger partial charge in [-0.05, 0) is 23.8 Å². The topological polar surface area (TPSA) is 94.2 Å². The Bertz CT molecular complexity index is 993. The van der Waals surface area contributed by atoms with Crippen molar-refractivity contribution in [3.05, 3.63) is 53.1 Å². The molecule has 1 saturated heterocycles. The molecule has 0 saturated carbocycles. The quantitative estimate of drug-likeness (QED) is 0.658. The maximum Gasteiger partial charge on any atom is 0.260 e. The molecule has 0 aliphatic carbocycles. The predicted molar refractivity (Wildman–Crippen MR) is 114 cm³/mol. The second kappa shape index (κ2) is 10.0. The van der Waals surface area contributed by atoms with Crippen LogP contribution in [0.25, 0.3) is 0 Å². The van der Waals surface area contributed by atoms with Crippen LogP contribution in [0, 0.1) is 0 Å². The summed E-state index contributed by atoms with van der Waals surface area (Å²) in [5.41, 5.74) is 0.811. The number of hydrogen-bond acceptors (Lipinski definition) is 6. The zero-order valence-electron chi connectivity index (χ0n) is 16.5. The Labute approximate surface area is 180 Å². The highest BCUT2D eigenvalue weighted by Gasteiger charge is 2.19. The Balaban J connectivity index is 1.64. The molecule has 162 valence electrons. The van der Waals surface area contributed by atoms with Gasteiger partial charge in [-0.15, -0.1) is 0 Å². The molecule has 1 aliphatic heterocycles. The molecule has 0 spiro atoms. The Hall–Kier alpha value is -2.49. The molecule has 0 bridgehead atoms. The monoisotopic (exact) mass is 454 g/mol. The van der Waals surface area contributed by atoms with Gasteiger partial charge in [0.15, 0.2) is 18.1 Å². The molecule has 2 aromatic carbocycles. The van der Waals surface area contributed by atoms with Gasteiger partial charge in [0.05, 0.1) is 31.8 Å². The highest BCUT2D eigenvalue weighted by Crippen LogP contribution is 2.31. The summed E-state index contributed by atoms with van der Waals surface area (Å²) in [6, 6.07) is 11.4. The van der Waals surface area contributed by atoms with Crippen LogP contribution in [0.4, 0.5) is 5.69 Å². The smallest absolute Gasteiger partial charge is 0.260 e. The van der Waals surface area contributed by atoms with E-state index in [9.17, 15) is 13.2 Å². The highest BCUT2D eigenvalue weighted by atomic mass is 35.5. The van der Waals surface area contributed by atoms with Gasteiger partial charge >= 0.3 is 0 Å². The van der Waals surface area contributed by atoms with E-state index in [-0.39, 0.29) is 18.3 Å². The number of amides is 1. The molecule has 1 aliphatic rings. The van der Waals surface area contributed by atoms with E-state index in [1.165, 1.54) is 13.2 Å². The number of nitrogens with one attached hydrogen (secondary N) is 1. The van der Waals surface area contributed by atoms with Crippen LogP contribution < -0.4 is 14.2 Å². The lowest BCUT2D eigenvalue weighted by atomic mass is 10.2. The number of morpholine rings is 1. The third-order valence-corrected chi connectivity index (χ3v) is 6.06. The summed E-state index contributed by atoms with van der Waals surface area (Å²) in [6.07, 6.45) is 0. The number of carbonyl (C=O) groups is 1. The summed E-state index contributed by atoms with van der Waals surface area (Å²) in [7, 11) is -2.25. The van der Waals surface area contributed by atoms with E-state index >= 15 is 0 Å². The van der Waals surface area contributed by atoms with Crippen LogP contribution in [0.5, 0.6) is 11.5 Å². The summed E-state index contributed by atoms with van der Waals surface area (Å²) in [5, 5.41) is 0.383. The second-order valence-corrected chi connectivity index (χ2v) is 8.73. The number of halogens is 1. The summed E-state index contributed by atoms with van der Waals surface area (Å²) < 4.78 is 43.6. The third-order valence-electron chi connectivity index (χ3n) is 4.46. The van der Waals surface area contributed by atoms with Gasteiger partial charge in [0.2, 0.25) is 10.0 Å². The first-order valence-electron chi connectivity index (χ1n) is 9.28. The largest absolute Gasteiger partial charge is 0.493 e. The van der Waals surface area contributed by atoms with E-state index in [0.717, 1.165) is 0 Å². The fourth-order valence-corrected chi connectivity index (χ4v) is 4.43. The van der Waals surface area contributed by atoms with Crippen molar-refractivity contribution in [3.8, 4) is 11.5 Å². The van der Waals surface area contributed by atoms with Crippen molar-refractivity contribution < 1.29 is 27.4 Å². The molecule has 0 radical (unpaired) electrons. The van der Waals surface area contributed by atoms with Crippen molar-refractivity contribution in [3.63, 3.8) is 0 Å². The lowest BCUT2D eigenvalue weighted by Crippen LogP contribution is -2.43. The number of rotatable bonds is 8. The van der Waals surface area contributed by atoms with Gasteiger partial charge < -0.3 is 19.1 Å². The average Bonchev–Trinajstić information content (AvgIpc) is 2.74. The minimum Gasteiger partial charge on any atom is -0.493 e. The number of methoxy groups -OCH3 is 1. The normalized spacial score (nSPS) is 14.3. The summed E-state index contributed by atoms with van der Waals surface area (Å²) >= 11 is 6.05. The number of hydrogen-bond donors (Lipinski definition) is 1. The molecule has 0 atom stereocenters. The van der Waals surface area contributed by atoms with E-state index in [4.69, 9.17) is 25.8 Å². The van der Waals surface area contributed by atoms with Crippen LogP contribution in [-0.4, -0.2) is 59.2 Å². The summed E-state index contributed by atoms with van der Waals surface area (Å²) in [5.74, 6) is 0.238. The van der Waals surface area contributed by atoms with Crippen molar-refractivity contribution >= 4 is 33.2 Å². The van der Waals surface area contributed by atoms with E-state index < -0.39 is 10.0 Å². The fraction of sp³-hybridized carbons (Fsp3) is 0.350. The summed E-state index contributed by atoms with van der Waals surface area (Å²) in [4.78, 5) is 13.9. The molecule has 1 fully saturated rings. The van der Waals surface area contributed by atoms with Gasteiger partial charge in [-0.1, -0.05) is 29.8 Å². The van der Waals surface area contributed by atoms with E-state index in [2.05, 4.69) is 4.72 Å². The van der Waals surface area contributed by atoms with Gasteiger partial charge in [-0.25, -0.2) is 8.42 Å². The zero-order valence-corrected chi connectivity index (χ0v) is 18.0. The Morgan fingerprint density at radius 2 is 1.90 bits per heavy atom. The average molecular weight is 455 g/mol. The molecule has 3 rings (SSSR count). The lowest BCUT2D eigenvalue weighted by molar-refractivity contribution is -0.137. The molecule has 1 heterocycles. The van der Waals surface area contributed by atoms with Crippen LogP contribution in [0.15, 0.2) is 42.5 Å². The highest BCUT2D eigenvalue weighted by molar-refractivity contribution is 7.91. The molecule has 8 nitrogen and oxygen atoms in total. The van der Waals surface area contributed by atoms with Crippen LogP contribution in [-0.2, 0) is 25.3 Å². The number of ether oxygens (including phenoxy) is 3. The van der Waals surface area contributed by atoms with Gasteiger partial charge in [0.25, 0.3) is 5.91 Å². The second-order valence-electron chi connectivity index (χ2n) is 6.60. The maximum absolute atomic E-state index is 12.5. The van der Waals surface area contributed by atoms with Gasteiger partial charge in [-0.2, -0.15) is 0 Å². The van der Waals surface area contributed by atoms with Crippen LogP contribution >= 0.6 is 11.6 Å². The minimum atomic E-state index is -3.69. The minimum absolute atomic E-state index is 0.145. The van der Waals surface area contributed by atoms with Crippen LogP contribution in [0.1, 0.15) is 5.56 Å². The van der Waals surface area contributed by atoms with Crippen LogP contribution in [0.3, 0.4) is 0 Å². The number of nitrogens with zero attached hydrogens (tertiary/aromatic N) is 1. The van der Waals surface area contributed by atoms with Crippen molar-refractivity contribution in [1.82, 2.24) is 4.90 Å². The SMILES string of the molecule is COc1cc(NS(=O)(=O)Cc2ccccc2Cl)ccc1OCC(=O)N1CCOCC1. The van der Waals surface area contributed by atoms with Gasteiger partial charge in [-0.3, -0.25) is 9.52 Å². The molecule has 0 aromatic heterocycles. The van der Waals surface area contributed by atoms with Crippen LogP contribution in [0.2, 0.25) is 5.02 Å². The standard InChI is InChI=1S/C20H23ClN2O6S/c1-27-19-12-16(22-30(25,26)14-15-4-2-3-5-17(15)21)6-7-18(19)29-13-20(24)23-8-10-28-11-9-23/h2-7,12,22H,8-11,13-14H2,1H3. The predicted octanol–water partition coefficient (Wildman–Crippen LogP) is 2.53. The first kappa shape index (κ1) is 22.2. The van der Waals surface area contributed by atoms with Crippen molar-refractivity contribution in [2.24, 2.45) is 0 Å².